The molecule has 2 aliphatic rings. The third-order valence-corrected chi connectivity index (χ3v) is 5.84. The van der Waals surface area contributed by atoms with Crippen LogP contribution in [0.5, 0.6) is 0 Å². The van der Waals surface area contributed by atoms with Crippen LogP contribution in [0.4, 0.5) is 0 Å². The molecule has 1 unspecified atom stereocenters. The van der Waals surface area contributed by atoms with Crippen molar-refractivity contribution in [2.24, 2.45) is 5.92 Å². The zero-order valence-electron chi connectivity index (χ0n) is 16.4. The molecule has 1 atom stereocenters. The predicted octanol–water partition coefficient (Wildman–Crippen LogP) is 4.07. The van der Waals surface area contributed by atoms with E-state index in [0.717, 1.165) is 44.2 Å². The van der Waals surface area contributed by atoms with E-state index in [-0.39, 0.29) is 17.9 Å². The van der Waals surface area contributed by atoms with Crippen molar-refractivity contribution in [2.75, 3.05) is 13.2 Å². The van der Waals surface area contributed by atoms with Gasteiger partial charge in [0.25, 0.3) is 0 Å². The van der Waals surface area contributed by atoms with E-state index in [4.69, 9.17) is 9.26 Å². The highest BCUT2D eigenvalue weighted by molar-refractivity contribution is 5.79. The third-order valence-electron chi connectivity index (χ3n) is 5.84. The number of aromatic nitrogens is 2. The number of carbonyl (C=O) groups excluding carboxylic acids is 1. The number of hydrogen-bond donors (Lipinski definition) is 0. The number of ether oxygens (including phenoxy) is 1. The maximum Gasteiger partial charge on any atom is 0.249 e. The second kappa shape index (κ2) is 9.32. The van der Waals surface area contributed by atoms with Crippen LogP contribution in [0.15, 0.2) is 34.9 Å². The molecule has 0 N–H and O–H groups in total. The molecule has 1 saturated heterocycles. The summed E-state index contributed by atoms with van der Waals surface area (Å²) in [6, 6.07) is 10.0. The van der Waals surface area contributed by atoms with Gasteiger partial charge in [0.05, 0.1) is 13.2 Å². The summed E-state index contributed by atoms with van der Waals surface area (Å²) in [5.74, 6) is 1.72. The number of amides is 1. The molecule has 1 aromatic carbocycles. The van der Waals surface area contributed by atoms with Crippen LogP contribution in [0, 0.1) is 5.92 Å². The van der Waals surface area contributed by atoms with Gasteiger partial charge in [0.1, 0.15) is 6.04 Å². The standard InChI is InChI=1S/C22H29N3O3/c26-22(18-10-4-5-11-18)25-14-7-6-12-19(25)21-23-20(24-28-21)13-15-27-16-17-8-2-1-3-9-17/h1-3,8-9,18-19H,4-7,10-16H2. The van der Waals surface area contributed by atoms with Crippen LogP contribution >= 0.6 is 0 Å². The Kier molecular flexibility index (Phi) is 6.37. The molecule has 1 aliphatic heterocycles. The van der Waals surface area contributed by atoms with Crippen molar-refractivity contribution in [3.63, 3.8) is 0 Å². The molecule has 2 fully saturated rings. The maximum atomic E-state index is 13.0. The largest absolute Gasteiger partial charge is 0.376 e. The highest BCUT2D eigenvalue weighted by Crippen LogP contribution is 2.34. The highest BCUT2D eigenvalue weighted by atomic mass is 16.5. The van der Waals surface area contributed by atoms with Gasteiger partial charge in [-0.05, 0) is 37.7 Å². The van der Waals surface area contributed by atoms with E-state index in [2.05, 4.69) is 10.1 Å². The predicted molar refractivity (Wildman–Crippen MR) is 104 cm³/mol. The van der Waals surface area contributed by atoms with E-state index in [1.807, 2.05) is 35.2 Å². The molecule has 2 aromatic rings. The second-order valence-electron chi connectivity index (χ2n) is 7.86. The van der Waals surface area contributed by atoms with Gasteiger partial charge in [0, 0.05) is 18.9 Å². The topological polar surface area (TPSA) is 68.5 Å². The fraction of sp³-hybridized carbons (Fsp3) is 0.591. The van der Waals surface area contributed by atoms with Gasteiger partial charge < -0.3 is 14.2 Å². The first-order valence-electron chi connectivity index (χ1n) is 10.6. The summed E-state index contributed by atoms with van der Waals surface area (Å²) < 4.78 is 11.3. The number of rotatable bonds is 7. The normalized spacial score (nSPS) is 20.6. The van der Waals surface area contributed by atoms with Crippen molar-refractivity contribution in [3.8, 4) is 0 Å². The zero-order chi connectivity index (χ0) is 19.2. The van der Waals surface area contributed by atoms with Crippen molar-refractivity contribution < 1.29 is 14.1 Å². The lowest BCUT2D eigenvalue weighted by Crippen LogP contribution is -2.41. The quantitative estimate of drug-likeness (QED) is 0.674. The highest BCUT2D eigenvalue weighted by Gasteiger charge is 2.36. The van der Waals surface area contributed by atoms with Crippen LogP contribution in [-0.4, -0.2) is 34.1 Å². The van der Waals surface area contributed by atoms with E-state index in [0.29, 0.717) is 31.3 Å². The Morgan fingerprint density at radius 3 is 2.71 bits per heavy atom. The van der Waals surface area contributed by atoms with Gasteiger partial charge in [-0.2, -0.15) is 4.98 Å². The lowest BCUT2D eigenvalue weighted by molar-refractivity contribution is -0.140. The number of hydrogen-bond acceptors (Lipinski definition) is 5. The number of carbonyl (C=O) groups is 1. The van der Waals surface area contributed by atoms with Crippen LogP contribution in [0.2, 0.25) is 0 Å². The first-order chi connectivity index (χ1) is 13.8. The fourth-order valence-electron chi connectivity index (χ4n) is 4.29. The molecular weight excluding hydrogens is 354 g/mol. The average Bonchev–Trinajstić information content (AvgIpc) is 3.44. The molecule has 1 saturated carbocycles. The molecule has 0 radical (unpaired) electrons. The first-order valence-corrected chi connectivity index (χ1v) is 10.6. The lowest BCUT2D eigenvalue weighted by atomic mass is 9.98. The minimum Gasteiger partial charge on any atom is -0.376 e. The molecule has 2 heterocycles. The van der Waals surface area contributed by atoms with Crippen molar-refractivity contribution in [1.82, 2.24) is 15.0 Å². The Hall–Kier alpha value is -2.21. The van der Waals surface area contributed by atoms with Crippen LogP contribution < -0.4 is 0 Å². The van der Waals surface area contributed by atoms with E-state index >= 15 is 0 Å². The maximum absolute atomic E-state index is 13.0. The lowest BCUT2D eigenvalue weighted by Gasteiger charge is -2.35. The summed E-state index contributed by atoms with van der Waals surface area (Å²) in [7, 11) is 0. The number of benzene rings is 1. The number of likely N-dealkylation sites (tertiary alicyclic amines) is 1. The van der Waals surface area contributed by atoms with Gasteiger partial charge in [-0.15, -0.1) is 0 Å². The minimum atomic E-state index is -0.0617. The first kappa shape index (κ1) is 19.1. The van der Waals surface area contributed by atoms with Gasteiger partial charge in [-0.3, -0.25) is 4.79 Å². The molecule has 1 aliphatic carbocycles. The molecule has 0 spiro atoms. The molecule has 0 bridgehead atoms. The molecule has 4 rings (SSSR count). The van der Waals surface area contributed by atoms with Crippen LogP contribution in [0.25, 0.3) is 0 Å². The smallest absolute Gasteiger partial charge is 0.249 e. The average molecular weight is 383 g/mol. The zero-order valence-corrected chi connectivity index (χ0v) is 16.4. The van der Waals surface area contributed by atoms with Crippen LogP contribution in [0.3, 0.4) is 0 Å². The fourth-order valence-corrected chi connectivity index (χ4v) is 4.29. The van der Waals surface area contributed by atoms with Gasteiger partial charge >= 0.3 is 0 Å². The molecule has 6 heteroatoms. The molecule has 1 amide bonds. The summed E-state index contributed by atoms with van der Waals surface area (Å²) in [4.78, 5) is 19.5. The van der Waals surface area contributed by atoms with Gasteiger partial charge in [-0.25, -0.2) is 0 Å². The molecule has 28 heavy (non-hydrogen) atoms. The molecule has 6 nitrogen and oxygen atoms in total. The Morgan fingerprint density at radius 1 is 1.11 bits per heavy atom. The summed E-state index contributed by atoms with van der Waals surface area (Å²) in [5.41, 5.74) is 1.15. The van der Waals surface area contributed by atoms with E-state index in [1.165, 1.54) is 12.8 Å². The Labute approximate surface area is 166 Å². The van der Waals surface area contributed by atoms with Gasteiger partial charge in [0.2, 0.25) is 11.8 Å². The van der Waals surface area contributed by atoms with E-state index in [1.54, 1.807) is 0 Å². The number of nitrogens with zero attached hydrogens (tertiary/aromatic N) is 3. The van der Waals surface area contributed by atoms with Gasteiger partial charge in [0.15, 0.2) is 5.82 Å². The van der Waals surface area contributed by atoms with E-state index < -0.39 is 0 Å². The Morgan fingerprint density at radius 2 is 1.89 bits per heavy atom. The van der Waals surface area contributed by atoms with E-state index in [9.17, 15) is 4.79 Å². The van der Waals surface area contributed by atoms with Crippen LogP contribution in [-0.2, 0) is 22.6 Å². The number of piperidine rings is 1. The third kappa shape index (κ3) is 4.61. The van der Waals surface area contributed by atoms with Crippen molar-refractivity contribution in [2.45, 2.75) is 64.0 Å². The Balaban J connectivity index is 1.32. The monoisotopic (exact) mass is 383 g/mol. The summed E-state index contributed by atoms with van der Waals surface area (Å²) in [6.07, 6.45) is 8.06. The molecular formula is C22H29N3O3. The van der Waals surface area contributed by atoms with Gasteiger partial charge in [-0.1, -0.05) is 48.3 Å². The van der Waals surface area contributed by atoms with Crippen molar-refractivity contribution in [3.05, 3.63) is 47.6 Å². The minimum absolute atomic E-state index is 0.0617. The van der Waals surface area contributed by atoms with Crippen LogP contribution in [0.1, 0.15) is 68.3 Å². The Bertz CT molecular complexity index is 755. The second-order valence-corrected chi connectivity index (χ2v) is 7.86. The molecule has 150 valence electrons. The summed E-state index contributed by atoms with van der Waals surface area (Å²) >= 11 is 0. The van der Waals surface area contributed by atoms with Crippen molar-refractivity contribution >= 4 is 5.91 Å². The molecule has 1 aromatic heterocycles. The SMILES string of the molecule is O=C(C1CCCC1)N1CCCCC1c1nc(CCOCc2ccccc2)no1. The summed E-state index contributed by atoms with van der Waals surface area (Å²) in [6.45, 7) is 1.93. The van der Waals surface area contributed by atoms with Crippen molar-refractivity contribution in [1.29, 1.82) is 0 Å². The summed E-state index contributed by atoms with van der Waals surface area (Å²) in [5, 5.41) is 4.12.